The Morgan fingerprint density at radius 2 is 2.20 bits per heavy atom. The van der Waals surface area contributed by atoms with Crippen LogP contribution >= 0.6 is 0 Å². The molecule has 0 aromatic heterocycles. The molecule has 0 aromatic carbocycles. The molecular weight excluding hydrogens is 158 g/mol. The Morgan fingerprint density at radius 3 is 2.30 bits per heavy atom. The van der Waals surface area contributed by atoms with Gasteiger partial charge in [0, 0.05) is 12.8 Å². The van der Waals surface area contributed by atoms with E-state index in [4.69, 9.17) is 0 Å². The highest BCUT2D eigenvalue weighted by molar-refractivity contribution is 7.80. The van der Waals surface area contributed by atoms with E-state index in [-0.39, 0.29) is 0 Å². The highest BCUT2D eigenvalue weighted by atomic mass is 32.2. The van der Waals surface area contributed by atoms with Gasteiger partial charge in [0.15, 0.2) is 4.93 Å². The van der Waals surface area contributed by atoms with Crippen LogP contribution in [-0.2, 0) is 15.8 Å². The molecule has 1 aliphatic carbocycles. The van der Waals surface area contributed by atoms with Crippen molar-refractivity contribution in [1.82, 2.24) is 0 Å². The number of nitrogens with two attached hydrogens (primary N) is 1. The summed E-state index contributed by atoms with van der Waals surface area (Å²) in [6.07, 6.45) is -0.334. The quantitative estimate of drug-likeness (QED) is 0.554. The van der Waals surface area contributed by atoms with Crippen molar-refractivity contribution in [3.63, 3.8) is 0 Å². The maximum absolute atomic E-state index is 10.3. The zero-order valence-corrected chi connectivity index (χ0v) is 5.85. The van der Waals surface area contributed by atoms with Gasteiger partial charge in [-0.25, -0.2) is 4.79 Å². The van der Waals surface area contributed by atoms with E-state index < -0.39 is 22.1 Å². The third-order valence-electron chi connectivity index (χ3n) is 1.25. The van der Waals surface area contributed by atoms with Gasteiger partial charge in [-0.05, 0) is 11.1 Å². The van der Waals surface area contributed by atoms with E-state index in [2.05, 4.69) is 10.5 Å². The van der Waals surface area contributed by atoms with E-state index in [1.807, 2.05) is 0 Å². The van der Waals surface area contributed by atoms with Crippen molar-refractivity contribution in [3.8, 4) is 0 Å². The van der Waals surface area contributed by atoms with Crippen molar-refractivity contribution in [2.24, 2.45) is 5.73 Å². The first-order chi connectivity index (χ1) is 4.57. The summed E-state index contributed by atoms with van der Waals surface area (Å²) in [4.78, 5) is 8.80. The molecule has 0 aliphatic heterocycles. The third kappa shape index (κ3) is 1.27. The molecule has 2 N–H and O–H groups in total. The third-order valence-corrected chi connectivity index (χ3v) is 2.35. The molecule has 10 heavy (non-hydrogen) atoms. The molecule has 1 unspecified atom stereocenters. The lowest BCUT2D eigenvalue weighted by Gasteiger charge is -2.16. The molecule has 1 rings (SSSR count). The average Bonchev–Trinajstić information content (AvgIpc) is 2.46. The maximum atomic E-state index is 10.3. The van der Waals surface area contributed by atoms with Gasteiger partial charge in [-0.1, -0.05) is 0 Å². The van der Waals surface area contributed by atoms with E-state index in [9.17, 15) is 13.6 Å². The first-order valence-electron chi connectivity index (χ1n) is 2.65. The predicted octanol–water partition coefficient (Wildman–Crippen LogP) is -0.549. The SMILES string of the molecule is NC(=O)OC1(S(=O)[O-])CC1. The summed E-state index contributed by atoms with van der Waals surface area (Å²) in [5.41, 5.74) is 4.62. The van der Waals surface area contributed by atoms with E-state index in [1.165, 1.54) is 0 Å². The van der Waals surface area contributed by atoms with Crippen molar-refractivity contribution in [1.29, 1.82) is 0 Å². The summed E-state index contributed by atoms with van der Waals surface area (Å²) in [6, 6.07) is 0. The van der Waals surface area contributed by atoms with Crippen LogP contribution in [0.5, 0.6) is 0 Å². The predicted molar refractivity (Wildman–Crippen MR) is 31.6 cm³/mol. The van der Waals surface area contributed by atoms with Crippen LogP contribution in [0.3, 0.4) is 0 Å². The summed E-state index contributed by atoms with van der Waals surface area (Å²) in [7, 11) is 0. The van der Waals surface area contributed by atoms with E-state index in [1.54, 1.807) is 0 Å². The topological polar surface area (TPSA) is 92.5 Å². The van der Waals surface area contributed by atoms with Crippen molar-refractivity contribution in [3.05, 3.63) is 0 Å². The van der Waals surface area contributed by atoms with Crippen molar-refractivity contribution in [2.75, 3.05) is 0 Å². The number of rotatable bonds is 2. The second kappa shape index (κ2) is 2.21. The molecule has 0 bridgehead atoms. The summed E-state index contributed by atoms with van der Waals surface area (Å²) in [5.74, 6) is 0. The molecule has 58 valence electrons. The van der Waals surface area contributed by atoms with Gasteiger partial charge in [0.1, 0.15) is 0 Å². The Bertz CT molecular complexity index is 188. The van der Waals surface area contributed by atoms with Crippen LogP contribution in [0.15, 0.2) is 0 Å². The van der Waals surface area contributed by atoms with Gasteiger partial charge >= 0.3 is 6.09 Å². The zero-order valence-electron chi connectivity index (χ0n) is 5.03. The van der Waals surface area contributed by atoms with Crippen LogP contribution in [-0.4, -0.2) is 19.8 Å². The van der Waals surface area contributed by atoms with Crippen molar-refractivity contribution in [2.45, 2.75) is 17.8 Å². The van der Waals surface area contributed by atoms with Gasteiger partial charge in [0.25, 0.3) is 0 Å². The molecule has 1 amide bonds. The number of hydrogen-bond donors (Lipinski definition) is 1. The molecule has 1 atom stereocenters. The minimum Gasteiger partial charge on any atom is -0.769 e. The second-order valence-corrected chi connectivity index (χ2v) is 3.28. The molecule has 5 nitrogen and oxygen atoms in total. The average molecular weight is 164 g/mol. The Balaban J connectivity index is 2.53. The van der Waals surface area contributed by atoms with Crippen LogP contribution in [0.4, 0.5) is 4.79 Å². The number of primary amides is 1. The fourth-order valence-electron chi connectivity index (χ4n) is 0.588. The lowest BCUT2D eigenvalue weighted by Crippen LogP contribution is -2.27. The molecule has 1 saturated carbocycles. The summed E-state index contributed by atoms with van der Waals surface area (Å²) in [5, 5.41) is 0. The van der Waals surface area contributed by atoms with Gasteiger partial charge in [-0.3, -0.25) is 4.21 Å². The lowest BCUT2D eigenvalue weighted by molar-refractivity contribution is 0.130. The fourth-order valence-corrected chi connectivity index (χ4v) is 1.17. The van der Waals surface area contributed by atoms with Gasteiger partial charge in [-0.15, -0.1) is 0 Å². The van der Waals surface area contributed by atoms with E-state index in [0.717, 1.165) is 0 Å². The van der Waals surface area contributed by atoms with Crippen LogP contribution in [0, 0.1) is 0 Å². The standard InChI is InChI=1S/C4H7NO4S/c5-3(6)9-4(1-2-4)10(7)8/h1-2H2,(H2,5,6)(H,7,8)/p-1. The number of amides is 1. The summed E-state index contributed by atoms with van der Waals surface area (Å²) in [6.45, 7) is 0. The highest BCUT2D eigenvalue weighted by Crippen LogP contribution is 2.41. The smallest absolute Gasteiger partial charge is 0.405 e. The van der Waals surface area contributed by atoms with Crippen LogP contribution in [0.2, 0.25) is 0 Å². The molecular formula is C4H6NO4S-. The monoisotopic (exact) mass is 164 g/mol. The van der Waals surface area contributed by atoms with Crippen LogP contribution in [0.1, 0.15) is 12.8 Å². The molecule has 0 spiro atoms. The molecule has 1 fully saturated rings. The Labute approximate surface area is 59.8 Å². The Morgan fingerprint density at radius 1 is 1.70 bits per heavy atom. The van der Waals surface area contributed by atoms with Gasteiger partial charge < -0.3 is 15.0 Å². The maximum Gasteiger partial charge on any atom is 0.405 e. The van der Waals surface area contributed by atoms with Crippen LogP contribution in [0.25, 0.3) is 0 Å². The molecule has 0 aromatic rings. The minimum atomic E-state index is -2.36. The first-order valence-corrected chi connectivity index (χ1v) is 3.72. The number of hydrogen-bond acceptors (Lipinski definition) is 4. The van der Waals surface area contributed by atoms with Gasteiger partial charge in [0.2, 0.25) is 0 Å². The Kier molecular flexibility index (Phi) is 1.65. The molecule has 0 radical (unpaired) electrons. The largest absolute Gasteiger partial charge is 0.769 e. The summed E-state index contributed by atoms with van der Waals surface area (Å²) >= 11 is -2.36. The van der Waals surface area contributed by atoms with Crippen molar-refractivity contribution < 1.29 is 18.3 Å². The fraction of sp³-hybridized carbons (Fsp3) is 0.750. The number of carbonyl (C=O) groups is 1. The van der Waals surface area contributed by atoms with Gasteiger partial charge in [0.05, 0.1) is 0 Å². The highest BCUT2D eigenvalue weighted by Gasteiger charge is 2.48. The normalized spacial score (nSPS) is 23.3. The zero-order chi connectivity index (χ0) is 7.78. The van der Waals surface area contributed by atoms with Crippen LogP contribution < -0.4 is 5.73 Å². The minimum absolute atomic E-state index is 0.353. The summed E-state index contributed by atoms with van der Waals surface area (Å²) < 4.78 is 24.9. The number of carbonyl (C=O) groups excluding carboxylic acids is 1. The van der Waals surface area contributed by atoms with Crippen molar-refractivity contribution >= 4 is 17.2 Å². The second-order valence-electron chi connectivity index (χ2n) is 2.07. The molecule has 0 heterocycles. The Hall–Kier alpha value is -0.620. The lowest BCUT2D eigenvalue weighted by atomic mass is 10.8. The molecule has 6 heteroatoms. The van der Waals surface area contributed by atoms with Gasteiger partial charge in [-0.2, -0.15) is 0 Å². The molecule has 1 aliphatic rings. The molecule has 0 saturated heterocycles. The van der Waals surface area contributed by atoms with E-state index >= 15 is 0 Å². The number of ether oxygens (including phenoxy) is 1. The van der Waals surface area contributed by atoms with E-state index in [0.29, 0.717) is 12.8 Å². The first kappa shape index (κ1) is 7.49.